The molecule has 0 radical (unpaired) electrons. The molecule has 1 aliphatic rings. The van der Waals surface area contributed by atoms with Crippen LogP contribution in [0.2, 0.25) is 8.67 Å². The van der Waals surface area contributed by atoms with Crippen LogP contribution in [0, 0.1) is 5.92 Å². The van der Waals surface area contributed by atoms with Crippen molar-refractivity contribution >= 4 is 40.4 Å². The molecule has 1 aliphatic heterocycles. The monoisotopic (exact) mass is 348 g/mol. The number of rotatable bonds is 5. The molecule has 118 valence electrons. The van der Waals surface area contributed by atoms with Crippen molar-refractivity contribution in [2.75, 3.05) is 13.1 Å². The lowest BCUT2D eigenvalue weighted by Gasteiger charge is -2.34. The average Bonchev–Trinajstić information content (AvgIpc) is 2.77. The number of thiophene rings is 1. The van der Waals surface area contributed by atoms with Gasteiger partial charge in [0.15, 0.2) is 0 Å². The lowest BCUT2D eigenvalue weighted by atomic mass is 9.92. The molecule has 1 fully saturated rings. The molecule has 2 atom stereocenters. The number of piperidine rings is 1. The van der Waals surface area contributed by atoms with E-state index < -0.39 is 0 Å². The molecule has 2 heterocycles. The van der Waals surface area contributed by atoms with Crippen molar-refractivity contribution in [2.45, 2.75) is 45.1 Å². The predicted octanol–water partition coefficient (Wildman–Crippen LogP) is 3.96. The third-order valence-electron chi connectivity index (χ3n) is 4.12. The van der Waals surface area contributed by atoms with Crippen LogP contribution in [-0.4, -0.2) is 29.9 Å². The first-order valence-electron chi connectivity index (χ1n) is 7.44. The smallest absolute Gasteiger partial charge is 0.222 e. The van der Waals surface area contributed by atoms with E-state index in [0.29, 0.717) is 16.7 Å². The first-order valence-corrected chi connectivity index (χ1v) is 9.01. The third-order valence-corrected chi connectivity index (χ3v) is 5.69. The van der Waals surface area contributed by atoms with Gasteiger partial charge in [0.1, 0.15) is 0 Å². The van der Waals surface area contributed by atoms with Crippen LogP contribution in [0.4, 0.5) is 0 Å². The maximum atomic E-state index is 12.3. The van der Waals surface area contributed by atoms with E-state index in [1.165, 1.54) is 11.3 Å². The molecule has 6 heteroatoms. The highest BCUT2D eigenvalue weighted by Gasteiger charge is 2.25. The van der Waals surface area contributed by atoms with Crippen LogP contribution in [0.1, 0.15) is 38.2 Å². The number of hydrogen-bond donors (Lipinski definition) is 1. The summed E-state index contributed by atoms with van der Waals surface area (Å²) in [5, 5.41) is 0. The molecule has 1 saturated heterocycles. The molecule has 3 nitrogen and oxygen atoms in total. The number of carbonyl (C=O) groups excluding carboxylic acids is 1. The van der Waals surface area contributed by atoms with E-state index in [0.717, 1.165) is 48.7 Å². The normalized spacial score (nSPS) is 20.6. The van der Waals surface area contributed by atoms with Crippen molar-refractivity contribution in [3.63, 3.8) is 0 Å². The zero-order valence-corrected chi connectivity index (χ0v) is 14.6. The number of carbonyl (C=O) groups is 1. The van der Waals surface area contributed by atoms with Crippen LogP contribution in [0.5, 0.6) is 0 Å². The molecular formula is C15H22Cl2N2OS. The van der Waals surface area contributed by atoms with Gasteiger partial charge in [0.25, 0.3) is 0 Å². The lowest BCUT2D eigenvalue weighted by molar-refractivity contribution is -0.133. The molecule has 0 spiro atoms. The Morgan fingerprint density at radius 2 is 2.33 bits per heavy atom. The molecule has 1 aromatic heterocycles. The number of hydrogen-bond acceptors (Lipinski definition) is 3. The van der Waals surface area contributed by atoms with Crippen molar-refractivity contribution in [3.8, 4) is 0 Å². The minimum absolute atomic E-state index is 0.160. The molecule has 0 unspecified atom stereocenters. The van der Waals surface area contributed by atoms with Crippen molar-refractivity contribution in [1.82, 2.24) is 4.90 Å². The van der Waals surface area contributed by atoms with Crippen molar-refractivity contribution < 1.29 is 4.79 Å². The summed E-state index contributed by atoms with van der Waals surface area (Å²) >= 11 is 13.4. The standard InChI is InChI=1S/C15H22Cl2N2OS/c1-10(18)12-5-3-7-19(9-12)14(20)6-2-4-11-8-13(16)21-15(11)17/h8,10,12H,2-7,9,18H2,1H3/t10-,12+/m0/s1. The Morgan fingerprint density at radius 3 is 2.95 bits per heavy atom. The van der Waals surface area contributed by atoms with E-state index in [2.05, 4.69) is 0 Å². The van der Waals surface area contributed by atoms with Gasteiger partial charge in [0.2, 0.25) is 5.91 Å². The summed E-state index contributed by atoms with van der Waals surface area (Å²) in [5.41, 5.74) is 7.01. The zero-order valence-electron chi connectivity index (χ0n) is 12.3. The molecule has 2 rings (SSSR count). The summed E-state index contributed by atoms with van der Waals surface area (Å²) < 4.78 is 1.44. The molecule has 2 N–H and O–H groups in total. The topological polar surface area (TPSA) is 46.3 Å². The van der Waals surface area contributed by atoms with E-state index in [1.807, 2.05) is 17.9 Å². The van der Waals surface area contributed by atoms with E-state index in [9.17, 15) is 4.79 Å². The van der Waals surface area contributed by atoms with Gasteiger partial charge in [-0.05, 0) is 50.2 Å². The van der Waals surface area contributed by atoms with Crippen LogP contribution >= 0.6 is 34.5 Å². The Labute approximate surface area is 140 Å². The third kappa shape index (κ3) is 4.85. The van der Waals surface area contributed by atoms with Crippen molar-refractivity contribution in [1.29, 1.82) is 0 Å². The van der Waals surface area contributed by atoms with Crippen LogP contribution in [-0.2, 0) is 11.2 Å². The largest absolute Gasteiger partial charge is 0.342 e. The van der Waals surface area contributed by atoms with E-state index in [1.54, 1.807) is 0 Å². The second kappa shape index (κ2) is 7.82. The second-order valence-electron chi connectivity index (χ2n) is 5.80. The Morgan fingerprint density at radius 1 is 1.57 bits per heavy atom. The van der Waals surface area contributed by atoms with Crippen LogP contribution in [0.15, 0.2) is 6.07 Å². The van der Waals surface area contributed by atoms with Crippen molar-refractivity contribution in [3.05, 3.63) is 20.3 Å². The van der Waals surface area contributed by atoms with Gasteiger partial charge in [-0.15, -0.1) is 11.3 Å². The Hall–Kier alpha value is -0.290. The Balaban J connectivity index is 1.78. The highest BCUT2D eigenvalue weighted by molar-refractivity contribution is 7.20. The number of amides is 1. The molecule has 1 aromatic rings. The maximum absolute atomic E-state index is 12.3. The van der Waals surface area contributed by atoms with Gasteiger partial charge in [0.05, 0.1) is 8.67 Å². The van der Waals surface area contributed by atoms with Gasteiger partial charge < -0.3 is 10.6 Å². The summed E-state index contributed by atoms with van der Waals surface area (Å²) in [6.07, 6.45) is 4.37. The summed E-state index contributed by atoms with van der Waals surface area (Å²) in [4.78, 5) is 14.2. The minimum atomic E-state index is 0.160. The molecule has 0 saturated carbocycles. The van der Waals surface area contributed by atoms with Gasteiger partial charge in [-0.2, -0.15) is 0 Å². The average molecular weight is 349 g/mol. The van der Waals surface area contributed by atoms with Gasteiger partial charge >= 0.3 is 0 Å². The summed E-state index contributed by atoms with van der Waals surface area (Å²) in [6, 6.07) is 2.05. The quantitative estimate of drug-likeness (QED) is 0.874. The van der Waals surface area contributed by atoms with Gasteiger partial charge in [-0.25, -0.2) is 0 Å². The SMILES string of the molecule is C[C@H](N)[C@@H]1CCCN(C(=O)CCCc2cc(Cl)sc2Cl)C1. The minimum Gasteiger partial charge on any atom is -0.342 e. The Bertz CT molecular complexity index is 490. The number of aryl methyl sites for hydroxylation is 1. The molecule has 1 amide bonds. The number of nitrogens with two attached hydrogens (primary N) is 1. The second-order valence-corrected chi connectivity index (χ2v) is 8.09. The first kappa shape index (κ1) is 17.1. The highest BCUT2D eigenvalue weighted by Crippen LogP contribution is 2.32. The van der Waals surface area contributed by atoms with E-state index >= 15 is 0 Å². The summed E-state index contributed by atoms with van der Waals surface area (Å²) in [7, 11) is 0. The number of halogens is 2. The van der Waals surface area contributed by atoms with Crippen LogP contribution in [0.3, 0.4) is 0 Å². The first-order chi connectivity index (χ1) is 9.97. The molecule has 0 bridgehead atoms. The fourth-order valence-corrected chi connectivity index (χ4v) is 4.34. The maximum Gasteiger partial charge on any atom is 0.222 e. The fourth-order valence-electron chi connectivity index (χ4n) is 2.80. The molecular weight excluding hydrogens is 327 g/mol. The van der Waals surface area contributed by atoms with Gasteiger partial charge in [0, 0.05) is 25.6 Å². The summed E-state index contributed by atoms with van der Waals surface area (Å²) in [5.74, 6) is 0.672. The predicted molar refractivity (Wildman–Crippen MR) is 90.2 cm³/mol. The highest BCUT2D eigenvalue weighted by atomic mass is 35.5. The Kier molecular flexibility index (Phi) is 6.35. The van der Waals surface area contributed by atoms with Crippen LogP contribution in [0.25, 0.3) is 0 Å². The van der Waals surface area contributed by atoms with Gasteiger partial charge in [-0.3, -0.25) is 4.79 Å². The number of likely N-dealkylation sites (tertiary alicyclic amines) is 1. The zero-order chi connectivity index (χ0) is 15.4. The molecule has 21 heavy (non-hydrogen) atoms. The fraction of sp³-hybridized carbons (Fsp3) is 0.667. The van der Waals surface area contributed by atoms with Gasteiger partial charge in [-0.1, -0.05) is 23.2 Å². The molecule has 0 aliphatic carbocycles. The van der Waals surface area contributed by atoms with Crippen molar-refractivity contribution in [2.24, 2.45) is 11.7 Å². The summed E-state index contributed by atoms with van der Waals surface area (Å²) in [6.45, 7) is 3.70. The van der Waals surface area contributed by atoms with E-state index in [-0.39, 0.29) is 11.9 Å². The van der Waals surface area contributed by atoms with Crippen LogP contribution < -0.4 is 5.73 Å². The van der Waals surface area contributed by atoms with E-state index in [4.69, 9.17) is 28.9 Å². The number of nitrogens with zero attached hydrogens (tertiary/aromatic N) is 1. The lowest BCUT2D eigenvalue weighted by Crippen LogP contribution is -2.45. The molecule has 0 aromatic carbocycles.